The van der Waals surface area contributed by atoms with E-state index in [-0.39, 0.29) is 26.2 Å². The van der Waals surface area contributed by atoms with E-state index in [4.69, 9.17) is 17.6 Å². The highest BCUT2D eigenvalue weighted by Crippen LogP contribution is 2.32. The molecule has 4 aliphatic heterocycles. The zero-order valence-electron chi connectivity index (χ0n) is 16.8. The Morgan fingerprint density at radius 1 is 0.818 bits per heavy atom. The van der Waals surface area contributed by atoms with Gasteiger partial charge in [-0.1, -0.05) is 22.5 Å². The van der Waals surface area contributed by atoms with Gasteiger partial charge in [0, 0.05) is 37.3 Å². The van der Waals surface area contributed by atoms with Gasteiger partial charge in [-0.05, 0) is 11.1 Å². The van der Waals surface area contributed by atoms with Crippen molar-refractivity contribution in [3.05, 3.63) is 48.2 Å². The van der Waals surface area contributed by atoms with E-state index in [1.165, 1.54) is 34.7 Å². The first kappa shape index (κ1) is 20.0. The molecule has 0 spiro atoms. The van der Waals surface area contributed by atoms with E-state index in [0.29, 0.717) is 11.1 Å². The molecule has 0 aliphatic carbocycles. The molecule has 4 aliphatic rings. The highest BCUT2D eigenvalue weighted by molar-refractivity contribution is 7.81. The number of carbonyl (C=O) groups excluding carboxylic acids is 2. The van der Waals surface area contributed by atoms with Crippen molar-refractivity contribution >= 4 is 33.6 Å². The van der Waals surface area contributed by atoms with Crippen molar-refractivity contribution in [3.8, 4) is 0 Å². The van der Waals surface area contributed by atoms with Crippen molar-refractivity contribution in [2.75, 3.05) is 26.2 Å². The molecule has 4 amide bonds. The molecule has 2 unspecified atom stereocenters. The van der Waals surface area contributed by atoms with E-state index in [0.717, 1.165) is 21.3 Å². The Bertz CT molecular complexity index is 1180. The fraction of sp³-hybridized carbons (Fsp3) is 0.333. The van der Waals surface area contributed by atoms with E-state index in [9.17, 15) is 18.0 Å². The third kappa shape index (κ3) is 3.37. The number of aromatic nitrogens is 2. The van der Waals surface area contributed by atoms with Gasteiger partial charge >= 0.3 is 22.5 Å². The summed E-state index contributed by atoms with van der Waals surface area (Å²) in [6, 6.07) is -2.63. The number of rotatable bonds is 6. The number of hydrogen-bond acceptors (Lipinski definition) is 10. The van der Waals surface area contributed by atoms with Gasteiger partial charge in [-0.3, -0.25) is 0 Å². The van der Waals surface area contributed by atoms with Crippen LogP contribution in [-0.4, -0.2) is 89.0 Å². The monoisotopic (exact) mass is 476 g/mol. The SMILES string of the molecule is O=C1N2CC(c3cnoc3)=CC(C2)N1OS(=O)(=O)ON1C(=O)N2CC(c3cnoc3)=CC1C2. The quantitative estimate of drug-likeness (QED) is 0.575. The molecule has 4 bridgehead atoms. The molecule has 2 atom stereocenters. The molecule has 6 heterocycles. The second-order valence-electron chi connectivity index (χ2n) is 7.88. The van der Waals surface area contributed by atoms with Crippen molar-refractivity contribution in [2.45, 2.75) is 12.1 Å². The fourth-order valence-electron chi connectivity index (χ4n) is 4.29. The molecule has 172 valence electrons. The van der Waals surface area contributed by atoms with Gasteiger partial charge in [-0.2, -0.15) is 18.5 Å². The van der Waals surface area contributed by atoms with Crippen molar-refractivity contribution < 1.29 is 35.6 Å². The summed E-state index contributed by atoms with van der Waals surface area (Å²) in [5.74, 6) is 0. The highest BCUT2D eigenvalue weighted by atomic mass is 32.3. The van der Waals surface area contributed by atoms with Gasteiger partial charge < -0.3 is 18.8 Å². The Labute approximate surface area is 186 Å². The molecular formula is C18H16N6O8S. The lowest BCUT2D eigenvalue weighted by Crippen LogP contribution is -2.40. The van der Waals surface area contributed by atoms with Crippen molar-refractivity contribution in [3.63, 3.8) is 0 Å². The lowest BCUT2D eigenvalue weighted by molar-refractivity contribution is -0.0723. The molecule has 0 aromatic carbocycles. The second-order valence-corrected chi connectivity index (χ2v) is 8.99. The zero-order chi connectivity index (χ0) is 22.7. The summed E-state index contributed by atoms with van der Waals surface area (Å²) in [6.45, 7) is 0.977. The third-order valence-corrected chi connectivity index (χ3v) is 6.48. The first-order chi connectivity index (χ1) is 15.9. The van der Waals surface area contributed by atoms with Crippen LogP contribution in [-0.2, 0) is 19.0 Å². The largest absolute Gasteiger partial charge is 0.442 e. The lowest BCUT2D eigenvalue weighted by atomic mass is 10.0. The molecule has 15 heteroatoms. The van der Waals surface area contributed by atoms with E-state index < -0.39 is 34.5 Å². The summed E-state index contributed by atoms with van der Waals surface area (Å²) in [7, 11) is -4.80. The predicted molar refractivity (Wildman–Crippen MR) is 105 cm³/mol. The van der Waals surface area contributed by atoms with Crippen LogP contribution in [0.25, 0.3) is 11.1 Å². The maximum Gasteiger partial charge on any atom is 0.442 e. The van der Waals surface area contributed by atoms with Crippen LogP contribution in [0.1, 0.15) is 11.1 Å². The Hall–Kier alpha value is -3.69. The summed E-state index contributed by atoms with van der Waals surface area (Å²) in [4.78, 5) is 28.2. The number of amides is 4. The van der Waals surface area contributed by atoms with Crippen LogP contribution >= 0.6 is 0 Å². The minimum atomic E-state index is -4.80. The van der Waals surface area contributed by atoms with E-state index in [2.05, 4.69) is 10.3 Å². The van der Waals surface area contributed by atoms with Crippen LogP contribution in [0.2, 0.25) is 0 Å². The Morgan fingerprint density at radius 2 is 1.27 bits per heavy atom. The molecule has 14 nitrogen and oxygen atoms in total. The zero-order valence-corrected chi connectivity index (χ0v) is 17.6. The number of urea groups is 2. The maximum absolute atomic E-state index is 12.7. The molecule has 2 fully saturated rings. The molecule has 0 N–H and O–H groups in total. The molecule has 0 saturated carbocycles. The molecule has 6 rings (SSSR count). The van der Waals surface area contributed by atoms with Crippen molar-refractivity contribution in [1.82, 2.24) is 30.2 Å². The molecule has 2 saturated heterocycles. The first-order valence-corrected chi connectivity index (χ1v) is 11.2. The van der Waals surface area contributed by atoms with Crippen LogP contribution in [0, 0.1) is 0 Å². The maximum atomic E-state index is 12.7. The van der Waals surface area contributed by atoms with Crippen LogP contribution < -0.4 is 0 Å². The number of carbonyl (C=O) groups is 2. The fourth-order valence-corrected chi connectivity index (χ4v) is 5.06. The predicted octanol–water partition coefficient (Wildman–Crippen LogP) is 0.477. The second kappa shape index (κ2) is 7.16. The number of hydrogen-bond donors (Lipinski definition) is 0. The number of fused-ring (bicyclic) bond motifs is 4. The smallest absolute Gasteiger partial charge is 0.364 e. The van der Waals surface area contributed by atoms with E-state index >= 15 is 0 Å². The van der Waals surface area contributed by atoms with E-state index in [1.807, 2.05) is 0 Å². The Morgan fingerprint density at radius 3 is 1.67 bits per heavy atom. The van der Waals surface area contributed by atoms with Gasteiger partial charge in [0.2, 0.25) is 0 Å². The Balaban J connectivity index is 1.19. The summed E-state index contributed by atoms with van der Waals surface area (Å²) in [6.07, 6.45) is 9.28. The minimum Gasteiger partial charge on any atom is -0.364 e. The van der Waals surface area contributed by atoms with Crippen LogP contribution in [0.3, 0.4) is 0 Å². The van der Waals surface area contributed by atoms with Gasteiger partial charge in [0.25, 0.3) is 0 Å². The van der Waals surface area contributed by atoms with Crippen LogP contribution in [0.15, 0.2) is 46.1 Å². The summed E-state index contributed by atoms with van der Waals surface area (Å²) in [5.41, 5.74) is 2.84. The molecule has 2 aromatic rings. The topological polar surface area (TPSA) is 152 Å². The van der Waals surface area contributed by atoms with Gasteiger partial charge in [0.15, 0.2) is 0 Å². The standard InChI is InChI=1S/C18H16N6O8S/c25-17-21-5-11(13-3-19-29-9-13)1-15(7-21)23(17)31-33(27,28)32-24-16-2-12(14-4-20-30-10-14)6-22(8-16)18(24)26/h1-4,9-10,15-16H,5-8H2. The molecule has 2 aromatic heterocycles. The number of hydroxylamine groups is 4. The van der Waals surface area contributed by atoms with Gasteiger partial charge in [0.1, 0.15) is 12.5 Å². The first-order valence-electron chi connectivity index (χ1n) is 9.89. The molecule has 0 radical (unpaired) electrons. The highest BCUT2D eigenvalue weighted by Gasteiger charge is 2.47. The normalized spacial score (nSPS) is 24.6. The van der Waals surface area contributed by atoms with Crippen molar-refractivity contribution in [1.29, 1.82) is 0 Å². The summed E-state index contributed by atoms with van der Waals surface area (Å²) in [5, 5.41) is 8.73. The van der Waals surface area contributed by atoms with Crippen LogP contribution in [0.5, 0.6) is 0 Å². The Kier molecular flexibility index (Phi) is 4.33. The summed E-state index contributed by atoms with van der Waals surface area (Å²) >= 11 is 0. The van der Waals surface area contributed by atoms with Gasteiger partial charge in [-0.15, -0.1) is 8.57 Å². The van der Waals surface area contributed by atoms with E-state index in [1.54, 1.807) is 12.2 Å². The average molecular weight is 476 g/mol. The number of nitrogens with zero attached hydrogens (tertiary/aromatic N) is 6. The minimum absolute atomic E-state index is 0.243. The lowest BCUT2D eigenvalue weighted by Gasteiger charge is -2.22. The van der Waals surface area contributed by atoms with Gasteiger partial charge in [0.05, 0.1) is 24.5 Å². The van der Waals surface area contributed by atoms with Gasteiger partial charge in [-0.25, -0.2) is 9.59 Å². The summed E-state index contributed by atoms with van der Waals surface area (Å²) < 4.78 is 45.0. The molecular weight excluding hydrogens is 460 g/mol. The molecule has 33 heavy (non-hydrogen) atoms. The van der Waals surface area contributed by atoms with Crippen molar-refractivity contribution in [2.24, 2.45) is 0 Å². The van der Waals surface area contributed by atoms with Crippen LogP contribution in [0.4, 0.5) is 9.59 Å². The third-order valence-electron chi connectivity index (χ3n) is 5.79. The average Bonchev–Trinajstić information content (AvgIpc) is 3.59.